The van der Waals surface area contributed by atoms with E-state index in [0.29, 0.717) is 0 Å². The van der Waals surface area contributed by atoms with Crippen LogP contribution in [0, 0.1) is 0 Å². The molecule has 0 radical (unpaired) electrons. The molecule has 0 unspecified atom stereocenters. The molecule has 0 amide bonds. The van der Waals surface area contributed by atoms with Crippen molar-refractivity contribution in [3.05, 3.63) is 60.0 Å². The molecule has 0 spiro atoms. The second-order valence-corrected chi connectivity index (χ2v) is 5.53. The molecule has 1 aromatic heterocycles. The summed E-state index contributed by atoms with van der Waals surface area (Å²) in [5, 5.41) is 2.23. The van der Waals surface area contributed by atoms with E-state index in [1.165, 1.54) is 6.42 Å². The summed E-state index contributed by atoms with van der Waals surface area (Å²) in [6.07, 6.45) is 2.33. The van der Waals surface area contributed by atoms with Crippen molar-refractivity contribution in [3.63, 3.8) is 0 Å². The molecule has 0 fully saturated rings. The highest BCUT2D eigenvalue weighted by molar-refractivity contribution is 5.77. The summed E-state index contributed by atoms with van der Waals surface area (Å²) >= 11 is 0. The highest BCUT2D eigenvalue weighted by Gasteiger charge is 2.08. The molecular formula is C20H22NO2+. The number of benzene rings is 2. The molecule has 0 aliphatic carbocycles. The van der Waals surface area contributed by atoms with Crippen molar-refractivity contribution < 1.29 is 14.1 Å². The van der Waals surface area contributed by atoms with Crippen LogP contribution in [0.2, 0.25) is 0 Å². The standard InChI is InChI=1S/C20H21NO2/c1-3-4-13-21-18-14-20(15-9-11-16(22-2)12-10-15)23-19-8-6-5-7-17(18)19/h5-12,14H,3-4,13H2,1-2H3/p+1. The van der Waals surface area contributed by atoms with Gasteiger partial charge in [0.05, 0.1) is 18.6 Å². The van der Waals surface area contributed by atoms with Crippen molar-refractivity contribution in [3.8, 4) is 17.1 Å². The van der Waals surface area contributed by atoms with E-state index in [0.717, 1.165) is 46.4 Å². The molecule has 3 rings (SSSR count). The van der Waals surface area contributed by atoms with Crippen molar-refractivity contribution in [2.24, 2.45) is 0 Å². The number of hydrogen-bond donors (Lipinski definition) is 1. The quantitative estimate of drug-likeness (QED) is 0.736. The van der Waals surface area contributed by atoms with Gasteiger partial charge in [0.15, 0.2) is 0 Å². The Hall–Kier alpha value is -2.55. The minimum absolute atomic E-state index is 0.843. The van der Waals surface area contributed by atoms with Crippen LogP contribution < -0.4 is 15.1 Å². The Labute approximate surface area is 136 Å². The first-order chi connectivity index (χ1) is 11.3. The number of para-hydroxylation sites is 1. The van der Waals surface area contributed by atoms with Gasteiger partial charge in [0.25, 0.3) is 0 Å². The molecule has 3 nitrogen and oxygen atoms in total. The van der Waals surface area contributed by atoms with Gasteiger partial charge in [-0.05, 0) is 36.4 Å². The number of rotatable bonds is 5. The number of hydrogen-bond acceptors (Lipinski definition) is 2. The zero-order valence-corrected chi connectivity index (χ0v) is 13.6. The highest BCUT2D eigenvalue weighted by atomic mass is 16.5. The molecular weight excluding hydrogens is 286 g/mol. The minimum atomic E-state index is 0.843. The van der Waals surface area contributed by atoms with Gasteiger partial charge in [-0.1, -0.05) is 25.5 Å². The van der Waals surface area contributed by atoms with Crippen LogP contribution >= 0.6 is 0 Å². The van der Waals surface area contributed by atoms with Gasteiger partial charge in [-0.2, -0.15) is 0 Å². The average molecular weight is 308 g/mol. The lowest BCUT2D eigenvalue weighted by molar-refractivity contribution is -0.499. The number of nitrogens with one attached hydrogen (secondary N) is 1. The first-order valence-corrected chi connectivity index (χ1v) is 8.06. The summed E-state index contributed by atoms with van der Waals surface area (Å²) in [7, 11) is 1.67. The van der Waals surface area contributed by atoms with Crippen molar-refractivity contribution in [1.82, 2.24) is 0 Å². The van der Waals surface area contributed by atoms with E-state index in [2.05, 4.69) is 24.0 Å². The first kappa shape index (κ1) is 15.3. The van der Waals surface area contributed by atoms with Gasteiger partial charge in [0.2, 0.25) is 5.36 Å². The Morgan fingerprint density at radius 2 is 1.83 bits per heavy atom. The van der Waals surface area contributed by atoms with Gasteiger partial charge in [-0.15, -0.1) is 0 Å². The van der Waals surface area contributed by atoms with E-state index in [4.69, 9.17) is 9.15 Å². The summed E-state index contributed by atoms with van der Waals surface area (Å²) in [6.45, 7) is 3.16. The third-order valence-corrected chi connectivity index (χ3v) is 3.89. The zero-order chi connectivity index (χ0) is 16.1. The average Bonchev–Trinajstić information content (AvgIpc) is 2.62. The Morgan fingerprint density at radius 3 is 2.57 bits per heavy atom. The molecule has 23 heavy (non-hydrogen) atoms. The second-order valence-electron chi connectivity index (χ2n) is 5.53. The number of methoxy groups -OCH3 is 1. The number of unbranched alkanes of at least 4 members (excludes halogenated alkanes) is 1. The predicted octanol–water partition coefficient (Wildman–Crippen LogP) is 2.89. The number of fused-ring (bicyclic) bond motifs is 1. The summed E-state index contributed by atoms with van der Waals surface area (Å²) in [4.78, 5) is 3.54. The monoisotopic (exact) mass is 308 g/mol. The molecule has 0 aliphatic rings. The molecule has 1 N–H and O–H groups in total. The van der Waals surface area contributed by atoms with Crippen molar-refractivity contribution in [2.75, 3.05) is 13.7 Å². The molecule has 3 heteroatoms. The Balaban J connectivity index is 2.11. The predicted molar refractivity (Wildman–Crippen MR) is 92.1 cm³/mol. The summed E-state index contributed by atoms with van der Waals surface area (Å²) in [6, 6.07) is 18.1. The van der Waals surface area contributed by atoms with Crippen LogP contribution in [0.1, 0.15) is 19.8 Å². The van der Waals surface area contributed by atoms with E-state index >= 15 is 0 Å². The fourth-order valence-corrected chi connectivity index (χ4v) is 2.58. The molecule has 1 heterocycles. The Morgan fingerprint density at radius 1 is 1.04 bits per heavy atom. The van der Waals surface area contributed by atoms with E-state index in [1.807, 2.05) is 42.5 Å². The zero-order valence-electron chi connectivity index (χ0n) is 13.6. The van der Waals surface area contributed by atoms with Crippen LogP contribution in [0.4, 0.5) is 0 Å². The van der Waals surface area contributed by atoms with Crippen LogP contribution in [0.15, 0.2) is 59.0 Å². The highest BCUT2D eigenvalue weighted by Crippen LogP contribution is 2.23. The molecule has 0 aliphatic heterocycles. The van der Waals surface area contributed by atoms with Crippen molar-refractivity contribution in [1.29, 1.82) is 0 Å². The van der Waals surface area contributed by atoms with Crippen LogP contribution in [0.3, 0.4) is 0 Å². The van der Waals surface area contributed by atoms with Crippen LogP contribution in [-0.2, 0) is 0 Å². The van der Waals surface area contributed by atoms with Crippen LogP contribution in [0.5, 0.6) is 5.75 Å². The lowest BCUT2D eigenvalue weighted by Gasteiger charge is -2.04. The Kier molecular flexibility index (Phi) is 4.77. The third kappa shape index (κ3) is 3.45. The van der Waals surface area contributed by atoms with Gasteiger partial charge in [0, 0.05) is 12.0 Å². The summed E-state index contributed by atoms with van der Waals surface area (Å²) < 4.78 is 11.3. The molecule has 3 aromatic rings. The minimum Gasteiger partial charge on any atom is -0.497 e. The molecule has 0 atom stereocenters. The van der Waals surface area contributed by atoms with E-state index in [1.54, 1.807) is 7.11 Å². The normalized spacial score (nSPS) is 11.8. The molecule has 0 saturated heterocycles. The van der Waals surface area contributed by atoms with E-state index < -0.39 is 0 Å². The fourth-order valence-electron chi connectivity index (χ4n) is 2.58. The van der Waals surface area contributed by atoms with Crippen molar-refractivity contribution in [2.45, 2.75) is 19.8 Å². The second kappa shape index (κ2) is 7.14. The maximum Gasteiger partial charge on any atom is 0.213 e. The van der Waals surface area contributed by atoms with Gasteiger partial charge < -0.3 is 9.15 Å². The number of ether oxygens (including phenoxy) is 1. The van der Waals surface area contributed by atoms with Crippen LogP contribution in [-0.4, -0.2) is 13.7 Å². The maximum absolute atomic E-state index is 6.09. The summed E-state index contributed by atoms with van der Waals surface area (Å²) in [5.74, 6) is 1.70. The SMILES string of the molecule is CCCC[NH+]=c1cc(-c2ccc(OC)cc2)oc2ccccc12. The van der Waals surface area contributed by atoms with Gasteiger partial charge in [-0.25, -0.2) is 4.99 Å². The maximum atomic E-state index is 6.09. The van der Waals surface area contributed by atoms with Gasteiger partial charge in [0.1, 0.15) is 23.6 Å². The smallest absolute Gasteiger partial charge is 0.213 e. The summed E-state index contributed by atoms with van der Waals surface area (Å²) in [5.41, 5.74) is 1.93. The molecule has 2 aromatic carbocycles. The molecule has 0 saturated carbocycles. The lowest BCUT2D eigenvalue weighted by atomic mass is 10.1. The van der Waals surface area contributed by atoms with E-state index in [9.17, 15) is 0 Å². The van der Waals surface area contributed by atoms with E-state index in [-0.39, 0.29) is 0 Å². The molecule has 0 bridgehead atoms. The van der Waals surface area contributed by atoms with Gasteiger partial charge >= 0.3 is 0 Å². The lowest BCUT2D eigenvalue weighted by Crippen LogP contribution is -2.76. The Bertz CT molecular complexity index is 847. The first-order valence-electron chi connectivity index (χ1n) is 8.06. The fraction of sp³-hybridized carbons (Fsp3) is 0.250. The van der Waals surface area contributed by atoms with Crippen LogP contribution in [0.25, 0.3) is 22.3 Å². The third-order valence-electron chi connectivity index (χ3n) is 3.89. The van der Waals surface area contributed by atoms with Gasteiger partial charge in [-0.3, -0.25) is 0 Å². The topological polar surface area (TPSA) is 36.3 Å². The largest absolute Gasteiger partial charge is 0.497 e. The molecule has 118 valence electrons. The van der Waals surface area contributed by atoms with Crippen molar-refractivity contribution >= 4 is 11.0 Å².